The molecule has 0 aliphatic carbocycles. The second-order valence-electron chi connectivity index (χ2n) is 11.2. The molecule has 0 unspecified atom stereocenters. The number of anilines is 2. The van der Waals surface area contributed by atoms with Gasteiger partial charge >= 0.3 is 36.4 Å². The normalized spacial score (nSPS) is 15.8. The predicted octanol–water partition coefficient (Wildman–Crippen LogP) is 4.39. The number of fused-ring (bicyclic) bond motifs is 1. The number of aromatic nitrogens is 2. The summed E-state index contributed by atoms with van der Waals surface area (Å²) in [4.78, 5) is 44.7. The first kappa shape index (κ1) is 44.6. The van der Waals surface area contributed by atoms with E-state index in [1.165, 1.54) is 5.56 Å². The average molecular weight is 789 g/mol. The number of aromatic amines is 1. The van der Waals surface area contributed by atoms with E-state index in [4.69, 9.17) is 34.4 Å². The number of likely N-dealkylation sites (N-methyl/N-ethyl adjacent to an activating group) is 1. The summed E-state index contributed by atoms with van der Waals surface area (Å²) in [5.41, 5.74) is 6.36. The van der Waals surface area contributed by atoms with Crippen LogP contribution in [0.15, 0.2) is 48.8 Å². The van der Waals surface area contributed by atoms with E-state index in [-0.39, 0.29) is 11.9 Å². The summed E-state index contributed by atoms with van der Waals surface area (Å²) >= 11 is 0. The molecular formula is C31H33F9N6O8. The third-order valence-electron chi connectivity index (χ3n) is 7.35. The zero-order valence-electron chi connectivity index (χ0n) is 28.1. The fraction of sp³-hybridized carbons (Fsp3) is 0.387. The lowest BCUT2D eigenvalue weighted by atomic mass is 9.95. The minimum Gasteiger partial charge on any atom is -0.497 e. The second kappa shape index (κ2) is 19.0. The number of hydrogen-bond acceptors (Lipinski definition) is 9. The Balaban J connectivity index is 0.000000393. The van der Waals surface area contributed by atoms with Crippen molar-refractivity contribution in [1.82, 2.24) is 20.4 Å². The lowest BCUT2D eigenvalue weighted by Crippen LogP contribution is -2.46. The molecule has 0 spiro atoms. The number of nitrogens with zero attached hydrogens (tertiary/aromatic N) is 3. The van der Waals surface area contributed by atoms with Crippen molar-refractivity contribution in [2.75, 3.05) is 50.6 Å². The van der Waals surface area contributed by atoms with Gasteiger partial charge in [-0.3, -0.25) is 9.89 Å². The molecule has 1 amide bonds. The number of H-pyrrole nitrogens is 1. The van der Waals surface area contributed by atoms with Gasteiger partial charge in [0, 0.05) is 44.5 Å². The van der Waals surface area contributed by atoms with Gasteiger partial charge in [-0.15, -0.1) is 0 Å². The number of methoxy groups -OCH3 is 1. The van der Waals surface area contributed by atoms with Crippen molar-refractivity contribution in [2.45, 2.75) is 37.5 Å². The van der Waals surface area contributed by atoms with Crippen LogP contribution in [-0.4, -0.2) is 119 Å². The fourth-order valence-electron chi connectivity index (χ4n) is 4.56. The summed E-state index contributed by atoms with van der Waals surface area (Å²) in [6.45, 7) is 4.49. The molecule has 2 aliphatic heterocycles. The molecule has 1 aromatic heterocycles. The van der Waals surface area contributed by atoms with E-state index in [0.717, 1.165) is 60.0 Å². The van der Waals surface area contributed by atoms with Gasteiger partial charge in [-0.05, 0) is 54.4 Å². The largest absolute Gasteiger partial charge is 0.497 e. The van der Waals surface area contributed by atoms with Crippen LogP contribution in [0, 0.1) is 0 Å². The summed E-state index contributed by atoms with van der Waals surface area (Å²) in [5.74, 6) is -7.47. The third-order valence-corrected chi connectivity index (χ3v) is 7.35. The number of alkyl halides is 9. The van der Waals surface area contributed by atoms with Gasteiger partial charge < -0.3 is 40.5 Å². The van der Waals surface area contributed by atoms with E-state index in [0.29, 0.717) is 13.0 Å². The minimum atomic E-state index is -5.08. The van der Waals surface area contributed by atoms with Crippen LogP contribution in [0.3, 0.4) is 0 Å². The van der Waals surface area contributed by atoms with Crippen molar-refractivity contribution >= 4 is 35.2 Å². The number of piperazine rings is 1. The molecule has 3 heterocycles. The fourth-order valence-corrected chi connectivity index (χ4v) is 4.56. The van der Waals surface area contributed by atoms with E-state index in [1.54, 1.807) is 7.11 Å². The monoisotopic (exact) mass is 788 g/mol. The Kier molecular flexibility index (Phi) is 15.6. The van der Waals surface area contributed by atoms with E-state index in [9.17, 15) is 44.3 Å². The quantitative estimate of drug-likeness (QED) is 0.200. The summed E-state index contributed by atoms with van der Waals surface area (Å²) in [7, 11) is 3.81. The number of carboxylic acid groups (broad SMARTS) is 3. The van der Waals surface area contributed by atoms with Gasteiger partial charge in [-0.2, -0.15) is 44.6 Å². The smallest absolute Gasteiger partial charge is 0.490 e. The Morgan fingerprint density at radius 1 is 0.796 bits per heavy atom. The molecule has 23 heteroatoms. The minimum absolute atomic E-state index is 0.0186. The standard InChI is InChI=1S/C25H30N6O2.3C2HF3O2/c1-30-7-9-31(10-8-30)24-13-17(20-15-27-28-16-20)4-6-22(24)29-25(32)23-12-19-11-21(33-2)5-3-18(19)14-26-23;3*3-2(4,5)1(6)7/h3-6,11,13,15-16,23,26H,7-10,12,14H2,1-2H3,(H,27,28)(H,29,32);3*(H,6,7)/t23-;;;/m1.../s1. The molecule has 3 aromatic rings. The maximum atomic E-state index is 13.3. The first-order valence-electron chi connectivity index (χ1n) is 15.1. The Morgan fingerprint density at radius 2 is 1.33 bits per heavy atom. The molecule has 5 rings (SSSR count). The summed E-state index contributed by atoms with van der Waals surface area (Å²) < 4.78 is 101. The van der Waals surface area contributed by atoms with Crippen molar-refractivity contribution in [3.63, 3.8) is 0 Å². The van der Waals surface area contributed by atoms with Crippen molar-refractivity contribution in [3.05, 3.63) is 59.9 Å². The van der Waals surface area contributed by atoms with Crippen LogP contribution in [-0.2, 0) is 32.1 Å². The molecule has 1 atom stereocenters. The number of carboxylic acids is 3. The molecule has 0 radical (unpaired) electrons. The Hall–Kier alpha value is -5.58. The Bertz CT molecular complexity index is 1670. The number of rotatable bonds is 5. The van der Waals surface area contributed by atoms with Crippen LogP contribution in [0.4, 0.5) is 50.9 Å². The molecule has 0 saturated carbocycles. The lowest BCUT2D eigenvalue weighted by Gasteiger charge is -2.35. The molecule has 54 heavy (non-hydrogen) atoms. The highest BCUT2D eigenvalue weighted by Gasteiger charge is 2.39. The van der Waals surface area contributed by atoms with Gasteiger partial charge in [0.15, 0.2) is 0 Å². The van der Waals surface area contributed by atoms with Crippen molar-refractivity contribution < 1.29 is 78.7 Å². The predicted molar refractivity (Wildman–Crippen MR) is 171 cm³/mol. The number of halogens is 9. The van der Waals surface area contributed by atoms with Crippen molar-refractivity contribution in [2.24, 2.45) is 0 Å². The highest BCUT2D eigenvalue weighted by Crippen LogP contribution is 2.33. The molecule has 2 aliphatic rings. The van der Waals surface area contributed by atoms with Crippen LogP contribution >= 0.6 is 0 Å². The van der Waals surface area contributed by atoms with Gasteiger partial charge in [0.25, 0.3) is 0 Å². The van der Waals surface area contributed by atoms with E-state index in [2.05, 4.69) is 49.8 Å². The van der Waals surface area contributed by atoms with Crippen molar-refractivity contribution in [1.29, 1.82) is 0 Å². The number of hydrogen-bond donors (Lipinski definition) is 6. The molecule has 1 fully saturated rings. The average Bonchev–Trinajstić information content (AvgIpc) is 3.63. The molecule has 2 aromatic carbocycles. The van der Waals surface area contributed by atoms with Crippen LogP contribution < -0.4 is 20.3 Å². The number of amides is 1. The lowest BCUT2D eigenvalue weighted by molar-refractivity contribution is -0.193. The van der Waals surface area contributed by atoms with Gasteiger partial charge in [0.05, 0.1) is 30.7 Å². The summed E-state index contributed by atoms with van der Waals surface area (Å²) in [5, 5.41) is 34.9. The number of carbonyl (C=O) groups excluding carboxylic acids is 1. The maximum absolute atomic E-state index is 13.3. The number of carbonyl (C=O) groups is 4. The SMILES string of the molecule is COc1ccc2c(c1)C[C@H](C(=O)Nc1ccc(-c3cn[nH]c3)cc1N1CCN(C)CC1)NC2.O=C(O)C(F)(F)F.O=C(O)C(F)(F)F.O=C(O)C(F)(F)F. The summed E-state index contributed by atoms with van der Waals surface area (Å²) in [6, 6.07) is 12.0. The molecule has 6 N–H and O–H groups in total. The number of aliphatic carboxylic acids is 3. The third kappa shape index (κ3) is 14.1. The van der Waals surface area contributed by atoms with E-state index >= 15 is 0 Å². The first-order chi connectivity index (χ1) is 24.9. The number of ether oxygens (including phenoxy) is 1. The van der Waals surface area contributed by atoms with Crippen LogP contribution in [0.25, 0.3) is 11.1 Å². The molecule has 0 bridgehead atoms. The highest BCUT2D eigenvalue weighted by atomic mass is 19.4. The first-order valence-corrected chi connectivity index (χ1v) is 15.1. The second-order valence-corrected chi connectivity index (χ2v) is 11.2. The van der Waals surface area contributed by atoms with Gasteiger partial charge in [0.1, 0.15) is 5.75 Å². The van der Waals surface area contributed by atoms with Gasteiger partial charge in [-0.25, -0.2) is 14.4 Å². The van der Waals surface area contributed by atoms with Crippen molar-refractivity contribution in [3.8, 4) is 16.9 Å². The molecule has 14 nitrogen and oxygen atoms in total. The maximum Gasteiger partial charge on any atom is 0.490 e. The molecular weight excluding hydrogens is 755 g/mol. The topological polar surface area (TPSA) is 197 Å². The zero-order valence-corrected chi connectivity index (χ0v) is 28.1. The van der Waals surface area contributed by atoms with E-state index in [1.807, 2.05) is 36.7 Å². The molecule has 1 saturated heterocycles. The van der Waals surface area contributed by atoms with Crippen LogP contribution in [0.1, 0.15) is 11.1 Å². The Morgan fingerprint density at radius 3 is 1.80 bits per heavy atom. The van der Waals surface area contributed by atoms with Crippen LogP contribution in [0.2, 0.25) is 0 Å². The highest BCUT2D eigenvalue weighted by molar-refractivity contribution is 5.98. The van der Waals surface area contributed by atoms with E-state index < -0.39 is 36.4 Å². The number of benzene rings is 2. The Labute approximate surface area is 299 Å². The molecule has 298 valence electrons. The summed E-state index contributed by atoms with van der Waals surface area (Å²) in [6.07, 6.45) is -10.9. The van der Waals surface area contributed by atoms with Gasteiger partial charge in [0.2, 0.25) is 5.91 Å². The van der Waals surface area contributed by atoms with Gasteiger partial charge in [-0.1, -0.05) is 12.1 Å². The number of nitrogens with one attached hydrogen (secondary N) is 3. The van der Waals surface area contributed by atoms with Crippen LogP contribution in [0.5, 0.6) is 5.75 Å². The zero-order chi connectivity index (χ0) is 41.0.